The molecule has 1 amide bonds. The van der Waals surface area contributed by atoms with Crippen LogP contribution in [0.2, 0.25) is 0 Å². The second-order valence-electron chi connectivity index (χ2n) is 9.05. The van der Waals surface area contributed by atoms with E-state index in [1.807, 2.05) is 37.3 Å². The van der Waals surface area contributed by atoms with Gasteiger partial charge in [0.15, 0.2) is 23.0 Å². The molecule has 0 N–H and O–H groups in total. The molecule has 0 radical (unpaired) electrons. The van der Waals surface area contributed by atoms with Gasteiger partial charge in [0.1, 0.15) is 15.5 Å². The topological polar surface area (TPSA) is 91.6 Å². The van der Waals surface area contributed by atoms with Gasteiger partial charge in [-0.15, -0.1) is 0 Å². The fraction of sp³-hybridized carbons (Fsp3) is 0.200. The van der Waals surface area contributed by atoms with E-state index >= 15 is 0 Å². The number of ether oxygens (including phenoxy) is 4. The number of carbonyl (C=O) groups excluding carboxylic acids is 1. The van der Waals surface area contributed by atoms with E-state index < -0.39 is 0 Å². The van der Waals surface area contributed by atoms with Crippen molar-refractivity contribution in [1.29, 1.82) is 0 Å². The van der Waals surface area contributed by atoms with Crippen LogP contribution < -0.4 is 24.5 Å². The van der Waals surface area contributed by atoms with E-state index in [1.165, 1.54) is 22.5 Å². The van der Waals surface area contributed by atoms with Crippen LogP contribution in [0.25, 0.3) is 11.7 Å². The Morgan fingerprint density at radius 3 is 2.37 bits per heavy atom. The summed E-state index contributed by atoms with van der Waals surface area (Å²) in [6.45, 7) is 2.22. The third kappa shape index (κ3) is 5.63. The number of benzene rings is 2. The highest BCUT2D eigenvalue weighted by molar-refractivity contribution is 8.26. The second-order valence-corrected chi connectivity index (χ2v) is 10.7. The molecule has 3 heterocycles. The van der Waals surface area contributed by atoms with Gasteiger partial charge in [0, 0.05) is 12.7 Å². The first-order valence-corrected chi connectivity index (χ1v) is 13.9. The summed E-state index contributed by atoms with van der Waals surface area (Å²) >= 11 is 6.68. The Kier molecular flexibility index (Phi) is 8.27. The van der Waals surface area contributed by atoms with E-state index in [4.69, 9.17) is 31.2 Å². The van der Waals surface area contributed by atoms with Crippen LogP contribution in [0.4, 0.5) is 0 Å². The first kappa shape index (κ1) is 28.2. The van der Waals surface area contributed by atoms with Crippen molar-refractivity contribution >= 4 is 45.9 Å². The lowest BCUT2D eigenvalue weighted by Crippen LogP contribution is -2.30. The summed E-state index contributed by atoms with van der Waals surface area (Å²) in [5.41, 5.74) is 1.95. The van der Waals surface area contributed by atoms with Gasteiger partial charge in [0.05, 0.1) is 26.2 Å². The van der Waals surface area contributed by atoms with Crippen molar-refractivity contribution in [1.82, 2.24) is 14.3 Å². The average Bonchev–Trinajstić information content (AvgIpc) is 3.25. The zero-order chi connectivity index (χ0) is 29.1. The zero-order valence-corrected chi connectivity index (χ0v) is 24.5. The van der Waals surface area contributed by atoms with Crippen molar-refractivity contribution in [2.75, 3.05) is 27.9 Å². The highest BCUT2D eigenvalue weighted by Crippen LogP contribution is 2.36. The summed E-state index contributed by atoms with van der Waals surface area (Å²) < 4.78 is 24.1. The summed E-state index contributed by atoms with van der Waals surface area (Å²) in [6.07, 6.45) is 3.68. The molecule has 1 fully saturated rings. The molecule has 0 saturated carbocycles. The predicted octanol–water partition coefficient (Wildman–Crippen LogP) is 5.26. The molecular formula is C30H27N3O6S2. The Hall–Kier alpha value is -4.35. The predicted molar refractivity (Wildman–Crippen MR) is 162 cm³/mol. The summed E-state index contributed by atoms with van der Waals surface area (Å²) in [7, 11) is 4.68. The first-order valence-electron chi connectivity index (χ1n) is 12.6. The fourth-order valence-corrected chi connectivity index (χ4v) is 5.69. The SMILES string of the molecule is COc1ccc(CCN2C(=O)/C(=C\c3c(Oc4ccccc4OC)nc4c(C)cccn4c3=O)SC2=S)cc1OC. The maximum absolute atomic E-state index is 13.7. The lowest BCUT2D eigenvalue weighted by atomic mass is 10.1. The molecule has 0 atom stereocenters. The molecule has 2 aromatic heterocycles. The van der Waals surface area contributed by atoms with Crippen molar-refractivity contribution in [2.45, 2.75) is 13.3 Å². The van der Waals surface area contributed by atoms with Crippen LogP contribution in [-0.4, -0.2) is 52.4 Å². The Morgan fingerprint density at radius 1 is 0.927 bits per heavy atom. The third-order valence-electron chi connectivity index (χ3n) is 6.55. The van der Waals surface area contributed by atoms with Crippen LogP contribution in [-0.2, 0) is 11.2 Å². The number of thioether (sulfide) groups is 1. The molecule has 0 aliphatic carbocycles. The molecule has 1 aliphatic rings. The van der Waals surface area contributed by atoms with E-state index in [-0.39, 0.29) is 22.9 Å². The van der Waals surface area contributed by atoms with E-state index in [9.17, 15) is 9.59 Å². The number of methoxy groups -OCH3 is 3. The van der Waals surface area contributed by atoms with Crippen LogP contribution in [0.3, 0.4) is 0 Å². The molecule has 1 saturated heterocycles. The van der Waals surface area contributed by atoms with Gasteiger partial charge >= 0.3 is 0 Å². The Balaban J connectivity index is 1.49. The number of carbonyl (C=O) groups is 1. The van der Waals surface area contributed by atoms with Crippen LogP contribution in [0.1, 0.15) is 16.7 Å². The number of amides is 1. The van der Waals surface area contributed by atoms with Gasteiger partial charge in [-0.25, -0.2) is 0 Å². The molecule has 0 spiro atoms. The van der Waals surface area contributed by atoms with Gasteiger partial charge < -0.3 is 18.9 Å². The molecule has 2 aromatic carbocycles. The van der Waals surface area contributed by atoms with E-state index in [0.717, 1.165) is 22.9 Å². The van der Waals surface area contributed by atoms with Crippen LogP contribution in [0, 0.1) is 6.92 Å². The average molecular weight is 590 g/mol. The second kappa shape index (κ2) is 12.0. The third-order valence-corrected chi connectivity index (χ3v) is 7.92. The number of para-hydroxylation sites is 2. The van der Waals surface area contributed by atoms with Gasteiger partial charge in [0.25, 0.3) is 11.5 Å². The quantitative estimate of drug-likeness (QED) is 0.191. The zero-order valence-electron chi connectivity index (χ0n) is 22.9. The van der Waals surface area contributed by atoms with Gasteiger partial charge in [-0.1, -0.05) is 48.2 Å². The lowest BCUT2D eigenvalue weighted by Gasteiger charge is -2.15. The van der Waals surface area contributed by atoms with Crippen LogP contribution in [0.15, 0.2) is 70.5 Å². The molecular weight excluding hydrogens is 562 g/mol. The molecule has 0 unspecified atom stereocenters. The van der Waals surface area contributed by atoms with Crippen molar-refractivity contribution in [3.05, 3.63) is 92.7 Å². The summed E-state index contributed by atoms with van der Waals surface area (Å²) in [5, 5.41) is 0. The molecule has 0 bridgehead atoms. The first-order chi connectivity index (χ1) is 19.8. The monoisotopic (exact) mass is 589 g/mol. The maximum Gasteiger partial charge on any atom is 0.269 e. The smallest absolute Gasteiger partial charge is 0.269 e. The summed E-state index contributed by atoms with van der Waals surface area (Å²) in [6, 6.07) is 16.3. The fourth-order valence-electron chi connectivity index (χ4n) is 4.40. The van der Waals surface area contributed by atoms with Crippen molar-refractivity contribution < 1.29 is 23.7 Å². The molecule has 210 valence electrons. The Morgan fingerprint density at radius 2 is 1.63 bits per heavy atom. The number of thiocarbonyl (C=S) groups is 1. The molecule has 5 rings (SSSR count). The molecule has 9 nitrogen and oxygen atoms in total. The van der Waals surface area contributed by atoms with Gasteiger partial charge in [-0.2, -0.15) is 4.98 Å². The van der Waals surface area contributed by atoms with Crippen LogP contribution >= 0.6 is 24.0 Å². The minimum Gasteiger partial charge on any atom is -0.493 e. The number of rotatable bonds is 9. The number of aryl methyl sites for hydroxylation is 1. The number of hydrogen-bond donors (Lipinski definition) is 0. The maximum atomic E-state index is 13.7. The highest BCUT2D eigenvalue weighted by atomic mass is 32.2. The Labute approximate surface area is 246 Å². The summed E-state index contributed by atoms with van der Waals surface area (Å²) in [5.74, 6) is 1.87. The molecule has 1 aliphatic heterocycles. The standard InChI is InChI=1S/C30H27N3O6S2/c1-18-8-7-14-32-26(18)31-27(39-23-10-6-5-9-21(23)36-2)20(28(32)34)17-25-29(35)33(30(40)41-25)15-13-19-11-12-22(37-3)24(16-19)38-4/h5-12,14,16-17H,13,15H2,1-4H3/b25-17+. The molecule has 4 aromatic rings. The van der Waals surface area contributed by atoms with E-state index in [0.29, 0.717) is 50.8 Å². The van der Waals surface area contributed by atoms with Gasteiger partial charge in [-0.05, 0) is 60.9 Å². The summed E-state index contributed by atoms with van der Waals surface area (Å²) in [4.78, 5) is 33.7. The number of aromatic nitrogens is 2. The Bertz CT molecular complexity index is 1750. The van der Waals surface area contributed by atoms with Gasteiger partial charge in [-0.3, -0.25) is 18.9 Å². The van der Waals surface area contributed by atoms with E-state index in [2.05, 4.69) is 4.98 Å². The van der Waals surface area contributed by atoms with Gasteiger partial charge in [0.2, 0.25) is 5.88 Å². The lowest BCUT2D eigenvalue weighted by molar-refractivity contribution is -0.122. The normalized spacial score (nSPS) is 14.1. The minimum atomic E-state index is -0.376. The molecule has 11 heteroatoms. The van der Waals surface area contributed by atoms with Crippen molar-refractivity contribution in [2.24, 2.45) is 0 Å². The highest BCUT2D eigenvalue weighted by Gasteiger charge is 2.32. The van der Waals surface area contributed by atoms with Crippen molar-refractivity contribution in [3.8, 4) is 28.9 Å². The number of nitrogens with zero attached hydrogens (tertiary/aromatic N) is 3. The number of hydrogen-bond acceptors (Lipinski definition) is 9. The van der Waals surface area contributed by atoms with Crippen LogP contribution in [0.5, 0.6) is 28.9 Å². The van der Waals surface area contributed by atoms with E-state index in [1.54, 1.807) is 44.7 Å². The minimum absolute atomic E-state index is 0.0596. The molecule has 41 heavy (non-hydrogen) atoms. The van der Waals surface area contributed by atoms with Crippen molar-refractivity contribution in [3.63, 3.8) is 0 Å². The number of pyridine rings is 1. The number of fused-ring (bicyclic) bond motifs is 1. The largest absolute Gasteiger partial charge is 0.493 e.